The van der Waals surface area contributed by atoms with E-state index in [0.29, 0.717) is 11.1 Å². The van der Waals surface area contributed by atoms with Gasteiger partial charge in [-0.3, -0.25) is 4.79 Å². The van der Waals surface area contributed by atoms with Crippen molar-refractivity contribution in [2.45, 2.75) is 44.6 Å². The summed E-state index contributed by atoms with van der Waals surface area (Å²) in [5.41, 5.74) is 4.50. The van der Waals surface area contributed by atoms with E-state index in [2.05, 4.69) is 48.1 Å². The van der Waals surface area contributed by atoms with Gasteiger partial charge < -0.3 is 4.90 Å². The van der Waals surface area contributed by atoms with Crippen LogP contribution in [0.5, 0.6) is 0 Å². The van der Waals surface area contributed by atoms with Crippen LogP contribution in [0.25, 0.3) is 11.1 Å². The van der Waals surface area contributed by atoms with Gasteiger partial charge in [-0.1, -0.05) is 43.3 Å². The fraction of sp³-hybridized carbons (Fsp3) is 0.308. The van der Waals surface area contributed by atoms with Crippen LogP contribution in [0.15, 0.2) is 60.7 Å². The summed E-state index contributed by atoms with van der Waals surface area (Å²) in [6.45, 7) is 2.24. The lowest BCUT2D eigenvalue weighted by molar-refractivity contribution is 0.0982. The number of nitrogens with zero attached hydrogens (tertiary/aromatic N) is 2. The molecule has 0 radical (unpaired) electrons. The predicted octanol–water partition coefficient (Wildman–Crippen LogP) is 6.22. The molecule has 0 amide bonds. The average molecular weight is 421 g/mol. The number of Topliss-reactive ketones (excluding diaryl/α,β-unsaturated/α-hetero) is 1. The van der Waals surface area contributed by atoms with E-state index in [0.717, 1.165) is 23.6 Å². The smallest absolute Gasteiger partial charge is 0.218 e. The summed E-state index contributed by atoms with van der Waals surface area (Å²) in [6, 6.07) is 18.4. The van der Waals surface area contributed by atoms with Gasteiger partial charge in [0.2, 0.25) is 11.9 Å². The highest BCUT2D eigenvalue weighted by Crippen LogP contribution is 2.45. The number of anilines is 1. The first-order valence-electron chi connectivity index (χ1n) is 10.7. The van der Waals surface area contributed by atoms with Crippen molar-refractivity contribution in [2.75, 3.05) is 11.9 Å². The van der Waals surface area contributed by atoms with Crippen LogP contribution in [0.2, 0.25) is 0 Å². The molecule has 0 spiro atoms. The first-order valence-corrected chi connectivity index (χ1v) is 10.7. The monoisotopic (exact) mass is 420 g/mol. The largest absolute Gasteiger partial charge is 0.369 e. The number of carbonyl (C=O) groups is 1. The van der Waals surface area contributed by atoms with E-state index in [4.69, 9.17) is 0 Å². The zero-order chi connectivity index (χ0) is 22.0. The minimum absolute atomic E-state index is 0.0819. The van der Waals surface area contributed by atoms with E-state index in [1.807, 2.05) is 12.1 Å². The lowest BCUT2D eigenvalue weighted by atomic mass is 9.99. The molecule has 2 aromatic carbocycles. The molecule has 1 aromatic heterocycles. The summed E-state index contributed by atoms with van der Waals surface area (Å²) >= 11 is 0. The van der Waals surface area contributed by atoms with Crippen molar-refractivity contribution in [3.63, 3.8) is 0 Å². The molecule has 3 aromatic rings. The minimum Gasteiger partial charge on any atom is -0.369 e. The van der Waals surface area contributed by atoms with Gasteiger partial charge in [-0.25, -0.2) is 0 Å². The lowest BCUT2D eigenvalue weighted by Crippen LogP contribution is -2.32. The van der Waals surface area contributed by atoms with Gasteiger partial charge in [0.25, 0.3) is 0 Å². The van der Waals surface area contributed by atoms with Crippen LogP contribution >= 0.6 is 0 Å². The molecule has 1 fully saturated rings. The number of pyridine rings is 1. The maximum atomic E-state index is 13.6. The minimum atomic E-state index is -0.861. The van der Waals surface area contributed by atoms with Crippen LogP contribution < -0.4 is 4.90 Å². The average Bonchev–Trinajstić information content (AvgIpc) is 3.59. The number of hydrogen-bond donors (Lipinski definition) is 0. The Hall–Kier alpha value is -3.08. The van der Waals surface area contributed by atoms with Crippen LogP contribution in [0.1, 0.15) is 48.5 Å². The van der Waals surface area contributed by atoms with Crippen molar-refractivity contribution >= 4 is 11.5 Å². The Labute approximate surface area is 181 Å². The number of aromatic nitrogens is 1. The zero-order valence-electron chi connectivity index (χ0n) is 17.9. The van der Waals surface area contributed by atoms with Crippen LogP contribution in [0.4, 0.5) is 14.5 Å². The number of hydrogen-bond acceptors (Lipinski definition) is 3. The molecular formula is C26H26F2N2O. The summed E-state index contributed by atoms with van der Waals surface area (Å²) in [6.07, 6.45) is 3.99. The summed E-state index contributed by atoms with van der Waals surface area (Å²) in [7, 11) is 2.17. The van der Waals surface area contributed by atoms with Crippen LogP contribution in [0, 0.1) is 11.9 Å². The highest BCUT2D eigenvalue weighted by molar-refractivity contribution is 5.96. The first-order chi connectivity index (χ1) is 14.9. The third-order valence-corrected chi connectivity index (χ3v) is 6.50. The molecule has 0 unspecified atom stereocenters. The highest BCUT2D eigenvalue weighted by atomic mass is 19.1. The van der Waals surface area contributed by atoms with Gasteiger partial charge in [-0.05, 0) is 61.1 Å². The Morgan fingerprint density at radius 3 is 2.13 bits per heavy atom. The molecule has 5 heteroatoms. The second kappa shape index (κ2) is 8.58. The zero-order valence-corrected chi connectivity index (χ0v) is 17.9. The SMILES string of the molecule is CCC1(N(C)c2ccc(-c3ccc(C(=O)CCc4ccc(F)nc4F)cc3)cc2)CC1. The van der Waals surface area contributed by atoms with E-state index in [-0.39, 0.29) is 24.2 Å². The summed E-state index contributed by atoms with van der Waals surface area (Å²) in [5, 5.41) is 0. The molecule has 0 atom stereocenters. The number of halogens is 2. The first kappa shape index (κ1) is 21.2. The Kier molecular flexibility index (Phi) is 5.86. The number of aryl methyl sites for hydroxylation is 1. The summed E-state index contributed by atoms with van der Waals surface area (Å²) in [5.74, 6) is -1.80. The fourth-order valence-electron chi connectivity index (χ4n) is 4.09. The molecular weight excluding hydrogens is 394 g/mol. The molecule has 0 bridgehead atoms. The van der Waals surface area contributed by atoms with Crippen molar-refractivity contribution in [1.29, 1.82) is 0 Å². The molecule has 160 valence electrons. The topological polar surface area (TPSA) is 33.2 Å². The van der Waals surface area contributed by atoms with Crippen LogP contribution in [0.3, 0.4) is 0 Å². The van der Waals surface area contributed by atoms with Crippen molar-refractivity contribution in [3.05, 3.63) is 83.7 Å². The van der Waals surface area contributed by atoms with Gasteiger partial charge in [-0.2, -0.15) is 13.8 Å². The van der Waals surface area contributed by atoms with E-state index < -0.39 is 11.9 Å². The Morgan fingerprint density at radius 2 is 1.58 bits per heavy atom. The number of rotatable bonds is 8. The summed E-state index contributed by atoms with van der Waals surface area (Å²) in [4.78, 5) is 18.0. The van der Waals surface area contributed by atoms with E-state index in [1.54, 1.807) is 12.1 Å². The predicted molar refractivity (Wildman–Crippen MR) is 119 cm³/mol. The van der Waals surface area contributed by atoms with Crippen molar-refractivity contribution in [3.8, 4) is 11.1 Å². The molecule has 0 N–H and O–H groups in total. The Morgan fingerprint density at radius 1 is 0.968 bits per heavy atom. The Bertz CT molecular complexity index is 1070. The standard InChI is InChI=1S/C26H26F2N2O/c1-3-26(16-17-26)30(2)22-12-8-19(9-13-22)18-4-6-20(7-5-18)23(31)14-10-21-11-15-24(27)29-25(21)28/h4-9,11-13,15H,3,10,14,16-17H2,1-2H3. The van der Waals surface area contributed by atoms with E-state index >= 15 is 0 Å². The van der Waals surface area contributed by atoms with Gasteiger partial charge in [0.05, 0.1) is 0 Å². The number of benzene rings is 2. The Balaban J connectivity index is 1.40. The number of carbonyl (C=O) groups excluding carboxylic acids is 1. The summed E-state index contributed by atoms with van der Waals surface area (Å²) < 4.78 is 26.5. The maximum absolute atomic E-state index is 13.6. The van der Waals surface area contributed by atoms with Gasteiger partial charge >= 0.3 is 0 Å². The normalized spacial score (nSPS) is 14.3. The molecule has 3 nitrogen and oxygen atoms in total. The van der Waals surface area contributed by atoms with Crippen molar-refractivity contribution < 1.29 is 13.6 Å². The maximum Gasteiger partial charge on any atom is 0.218 e. The van der Waals surface area contributed by atoms with Gasteiger partial charge in [0.1, 0.15) is 0 Å². The van der Waals surface area contributed by atoms with Gasteiger partial charge in [-0.15, -0.1) is 0 Å². The van der Waals surface area contributed by atoms with Crippen molar-refractivity contribution in [2.24, 2.45) is 0 Å². The van der Waals surface area contributed by atoms with Crippen LogP contribution in [-0.4, -0.2) is 23.4 Å². The molecule has 4 rings (SSSR count). The van der Waals surface area contributed by atoms with Gasteiger partial charge in [0.15, 0.2) is 5.78 Å². The van der Waals surface area contributed by atoms with Gasteiger partial charge in [0, 0.05) is 35.8 Å². The van der Waals surface area contributed by atoms with E-state index in [1.165, 1.54) is 24.6 Å². The molecule has 31 heavy (non-hydrogen) atoms. The third kappa shape index (κ3) is 4.50. The third-order valence-electron chi connectivity index (χ3n) is 6.50. The molecule has 0 saturated heterocycles. The van der Waals surface area contributed by atoms with Crippen molar-refractivity contribution in [1.82, 2.24) is 4.98 Å². The quantitative estimate of drug-likeness (QED) is 0.320. The number of ketones is 1. The molecule has 1 aliphatic carbocycles. The molecule has 1 aliphatic rings. The molecule has 1 saturated carbocycles. The lowest BCUT2D eigenvalue weighted by Gasteiger charge is -2.29. The molecule has 0 aliphatic heterocycles. The fourth-order valence-corrected chi connectivity index (χ4v) is 4.09. The second-order valence-corrected chi connectivity index (χ2v) is 8.27. The molecule has 1 heterocycles. The van der Waals surface area contributed by atoms with E-state index in [9.17, 15) is 13.6 Å². The highest BCUT2D eigenvalue weighted by Gasteiger charge is 2.44. The van der Waals surface area contributed by atoms with Crippen LogP contribution in [-0.2, 0) is 6.42 Å². The second-order valence-electron chi connectivity index (χ2n) is 8.27.